The van der Waals surface area contributed by atoms with E-state index in [0.717, 1.165) is 6.42 Å². The lowest BCUT2D eigenvalue weighted by molar-refractivity contribution is -0.119. The van der Waals surface area contributed by atoms with Crippen LogP contribution in [0.2, 0.25) is 0 Å². The first-order chi connectivity index (χ1) is 8.04. The van der Waals surface area contributed by atoms with E-state index < -0.39 is 0 Å². The summed E-state index contributed by atoms with van der Waals surface area (Å²) in [7, 11) is 0. The average Bonchev–Trinajstić information content (AvgIpc) is 2.29. The third kappa shape index (κ3) is 4.03. The first kappa shape index (κ1) is 13.4. The highest BCUT2D eigenvalue weighted by molar-refractivity contribution is 7.80. The molecule has 1 atom stereocenters. The molecule has 17 heavy (non-hydrogen) atoms. The van der Waals surface area contributed by atoms with Crippen LogP contribution >= 0.6 is 12.2 Å². The van der Waals surface area contributed by atoms with E-state index in [-0.39, 0.29) is 16.9 Å². The monoisotopic (exact) mass is 251 g/mol. The van der Waals surface area contributed by atoms with Crippen LogP contribution in [0.25, 0.3) is 0 Å². The van der Waals surface area contributed by atoms with Gasteiger partial charge in [0.1, 0.15) is 0 Å². The molecule has 5 heteroatoms. The number of carbonyl (C=O) groups is 1. The van der Waals surface area contributed by atoms with Gasteiger partial charge < -0.3 is 16.4 Å². The molecule has 4 nitrogen and oxygen atoms in total. The van der Waals surface area contributed by atoms with Crippen LogP contribution in [0.3, 0.4) is 0 Å². The zero-order valence-corrected chi connectivity index (χ0v) is 10.8. The molecule has 0 aliphatic rings. The molecule has 1 rings (SSSR count). The van der Waals surface area contributed by atoms with Crippen LogP contribution in [-0.2, 0) is 4.79 Å². The van der Waals surface area contributed by atoms with E-state index in [0.29, 0.717) is 11.4 Å². The fourth-order valence-corrected chi connectivity index (χ4v) is 1.39. The smallest absolute Gasteiger partial charge is 0.227 e. The molecule has 1 aromatic rings. The molecule has 92 valence electrons. The van der Waals surface area contributed by atoms with Gasteiger partial charge in [0.05, 0.1) is 11.4 Å². The van der Waals surface area contributed by atoms with Crippen molar-refractivity contribution >= 4 is 34.6 Å². The predicted octanol–water partition coefficient (Wildman–Crippen LogP) is 2.33. The van der Waals surface area contributed by atoms with E-state index >= 15 is 0 Å². The van der Waals surface area contributed by atoms with Crippen LogP contribution in [0.15, 0.2) is 24.3 Å². The molecule has 0 radical (unpaired) electrons. The zero-order chi connectivity index (χ0) is 12.8. The lowest BCUT2D eigenvalue weighted by Crippen LogP contribution is -2.23. The Morgan fingerprint density at radius 3 is 2.35 bits per heavy atom. The first-order valence-electron chi connectivity index (χ1n) is 5.51. The SMILES string of the molecule is CCC(C)C(=O)Nc1ccccc1NC(N)=S. The summed E-state index contributed by atoms with van der Waals surface area (Å²) in [6.45, 7) is 3.86. The number of carbonyl (C=O) groups excluding carboxylic acids is 1. The van der Waals surface area contributed by atoms with Gasteiger partial charge in [-0.2, -0.15) is 0 Å². The Morgan fingerprint density at radius 2 is 1.88 bits per heavy atom. The van der Waals surface area contributed by atoms with E-state index in [1.165, 1.54) is 0 Å². The van der Waals surface area contributed by atoms with Gasteiger partial charge in [-0.25, -0.2) is 0 Å². The highest BCUT2D eigenvalue weighted by Crippen LogP contribution is 2.21. The summed E-state index contributed by atoms with van der Waals surface area (Å²) in [4.78, 5) is 11.8. The molecule has 0 heterocycles. The van der Waals surface area contributed by atoms with Gasteiger partial charge >= 0.3 is 0 Å². The lowest BCUT2D eigenvalue weighted by atomic mass is 10.1. The summed E-state index contributed by atoms with van der Waals surface area (Å²) < 4.78 is 0. The van der Waals surface area contributed by atoms with Crippen LogP contribution in [-0.4, -0.2) is 11.0 Å². The van der Waals surface area contributed by atoms with E-state index in [4.69, 9.17) is 18.0 Å². The number of hydrogen-bond acceptors (Lipinski definition) is 2. The van der Waals surface area contributed by atoms with Crippen LogP contribution in [0.4, 0.5) is 11.4 Å². The number of rotatable bonds is 4. The van der Waals surface area contributed by atoms with Crippen LogP contribution in [0.1, 0.15) is 20.3 Å². The first-order valence-corrected chi connectivity index (χ1v) is 5.91. The summed E-state index contributed by atoms with van der Waals surface area (Å²) >= 11 is 4.78. The Labute approximate surface area is 107 Å². The minimum atomic E-state index is -0.0205. The number of para-hydroxylation sites is 2. The van der Waals surface area contributed by atoms with Crippen molar-refractivity contribution < 1.29 is 4.79 Å². The second kappa shape index (κ2) is 6.20. The number of anilines is 2. The molecule has 0 fully saturated rings. The molecule has 0 aliphatic heterocycles. The maximum Gasteiger partial charge on any atom is 0.227 e. The molecule has 0 spiro atoms. The number of amides is 1. The van der Waals surface area contributed by atoms with Gasteiger partial charge in [-0.05, 0) is 30.8 Å². The number of hydrogen-bond donors (Lipinski definition) is 3. The minimum absolute atomic E-state index is 0.00955. The number of nitrogens with two attached hydrogens (primary N) is 1. The molecule has 1 aromatic carbocycles. The summed E-state index contributed by atoms with van der Waals surface area (Å²) in [6.07, 6.45) is 0.802. The highest BCUT2D eigenvalue weighted by atomic mass is 32.1. The molecular weight excluding hydrogens is 234 g/mol. The average molecular weight is 251 g/mol. The summed E-state index contributed by atoms with van der Waals surface area (Å²) in [5, 5.41) is 5.86. The fraction of sp³-hybridized carbons (Fsp3) is 0.333. The van der Waals surface area contributed by atoms with E-state index in [1.807, 2.05) is 32.0 Å². The van der Waals surface area contributed by atoms with E-state index in [1.54, 1.807) is 6.07 Å². The van der Waals surface area contributed by atoms with Crippen molar-refractivity contribution in [2.45, 2.75) is 20.3 Å². The molecule has 0 aromatic heterocycles. The normalized spacial score (nSPS) is 11.6. The second-order valence-electron chi connectivity index (χ2n) is 3.83. The van der Waals surface area contributed by atoms with Crippen LogP contribution in [0, 0.1) is 5.92 Å². The van der Waals surface area contributed by atoms with E-state index in [9.17, 15) is 4.79 Å². The summed E-state index contributed by atoms with van der Waals surface area (Å²) in [5.74, 6) is -0.0300. The Balaban J connectivity index is 2.83. The van der Waals surface area contributed by atoms with Gasteiger partial charge in [0.15, 0.2) is 5.11 Å². The van der Waals surface area contributed by atoms with Crippen molar-refractivity contribution in [1.82, 2.24) is 0 Å². The standard InChI is InChI=1S/C12H17N3OS/c1-3-8(2)11(16)14-9-6-4-5-7-10(9)15-12(13)17/h4-8H,3H2,1-2H3,(H,14,16)(H3,13,15,17). The molecule has 1 unspecified atom stereocenters. The van der Waals surface area contributed by atoms with Crippen LogP contribution in [0.5, 0.6) is 0 Å². The topological polar surface area (TPSA) is 67.2 Å². The Morgan fingerprint density at radius 1 is 1.35 bits per heavy atom. The van der Waals surface area contributed by atoms with Gasteiger partial charge in [0.2, 0.25) is 5.91 Å². The molecule has 0 bridgehead atoms. The van der Waals surface area contributed by atoms with Gasteiger partial charge in [-0.15, -0.1) is 0 Å². The molecule has 0 saturated heterocycles. The number of benzene rings is 1. The molecule has 1 amide bonds. The molecule has 4 N–H and O–H groups in total. The van der Waals surface area contributed by atoms with Crippen molar-refractivity contribution in [2.24, 2.45) is 11.7 Å². The van der Waals surface area contributed by atoms with Crippen molar-refractivity contribution in [3.63, 3.8) is 0 Å². The van der Waals surface area contributed by atoms with Gasteiger partial charge in [0, 0.05) is 5.92 Å². The fourth-order valence-electron chi connectivity index (χ4n) is 1.28. The Kier molecular flexibility index (Phi) is 4.90. The molecular formula is C12H17N3OS. The van der Waals surface area contributed by atoms with E-state index in [2.05, 4.69) is 10.6 Å². The summed E-state index contributed by atoms with van der Waals surface area (Å²) in [6, 6.07) is 7.31. The predicted molar refractivity (Wildman–Crippen MR) is 74.9 cm³/mol. The van der Waals surface area contributed by atoms with Gasteiger partial charge in [0.25, 0.3) is 0 Å². The van der Waals surface area contributed by atoms with Gasteiger partial charge in [-0.3, -0.25) is 4.79 Å². The van der Waals surface area contributed by atoms with Gasteiger partial charge in [-0.1, -0.05) is 26.0 Å². The largest absolute Gasteiger partial charge is 0.376 e. The number of thiocarbonyl (C=S) groups is 1. The van der Waals surface area contributed by atoms with Crippen molar-refractivity contribution in [2.75, 3.05) is 10.6 Å². The zero-order valence-electron chi connectivity index (χ0n) is 9.99. The van der Waals surface area contributed by atoms with Crippen molar-refractivity contribution in [1.29, 1.82) is 0 Å². The summed E-state index contributed by atoms with van der Waals surface area (Å²) in [5.41, 5.74) is 6.81. The molecule has 0 aliphatic carbocycles. The minimum Gasteiger partial charge on any atom is -0.376 e. The lowest BCUT2D eigenvalue weighted by Gasteiger charge is -2.14. The van der Waals surface area contributed by atoms with Crippen molar-refractivity contribution in [3.05, 3.63) is 24.3 Å². The Hall–Kier alpha value is -1.62. The Bertz CT molecular complexity index is 420. The second-order valence-corrected chi connectivity index (χ2v) is 4.27. The maximum absolute atomic E-state index is 11.8. The quantitative estimate of drug-likeness (QED) is 0.718. The maximum atomic E-state index is 11.8. The highest BCUT2D eigenvalue weighted by Gasteiger charge is 2.12. The molecule has 0 saturated carbocycles. The third-order valence-electron chi connectivity index (χ3n) is 2.50. The number of nitrogens with one attached hydrogen (secondary N) is 2. The third-order valence-corrected chi connectivity index (χ3v) is 2.60. The van der Waals surface area contributed by atoms with Crippen molar-refractivity contribution in [3.8, 4) is 0 Å². The van der Waals surface area contributed by atoms with Crippen LogP contribution < -0.4 is 16.4 Å².